The minimum Gasteiger partial charge on any atom is -0.281 e. The van der Waals surface area contributed by atoms with Gasteiger partial charge in [0.05, 0.1) is 8.94 Å². The second kappa shape index (κ2) is 6.05. The van der Waals surface area contributed by atoms with Crippen molar-refractivity contribution in [3.8, 4) is 0 Å². The Bertz CT molecular complexity index is 393. The number of rotatable bonds is 5. The van der Waals surface area contributed by atoms with Crippen LogP contribution in [0.5, 0.6) is 0 Å². The molecule has 5 heteroatoms. The van der Waals surface area contributed by atoms with E-state index in [9.17, 15) is 4.79 Å². The van der Waals surface area contributed by atoms with Crippen LogP contribution in [0.4, 0.5) is 0 Å². The van der Waals surface area contributed by atoms with Crippen molar-refractivity contribution in [2.75, 3.05) is 0 Å². The second-order valence-electron chi connectivity index (χ2n) is 3.53. The molecule has 0 saturated heterocycles. The average Bonchev–Trinajstić information content (AvgIpc) is 2.17. The molecule has 1 aromatic rings. The van der Waals surface area contributed by atoms with Crippen LogP contribution in [0.15, 0.2) is 30.3 Å². The molecule has 0 saturated carbocycles. The molecule has 1 atom stereocenters. The maximum absolute atomic E-state index is 11.0. The predicted molar refractivity (Wildman–Crippen MR) is 78.9 cm³/mol. The van der Waals surface area contributed by atoms with E-state index in [1.165, 1.54) is 0 Å². The van der Waals surface area contributed by atoms with E-state index in [1.807, 2.05) is 30.3 Å². The summed E-state index contributed by atoms with van der Waals surface area (Å²) in [7, 11) is 0. The number of carbonyl (C=O) groups excluding carboxylic acids is 1. The Kier molecular flexibility index (Phi) is 5.31. The quantitative estimate of drug-likeness (QED) is 0.492. The van der Waals surface area contributed by atoms with Crippen molar-refractivity contribution in [1.82, 2.24) is 0 Å². The lowest BCUT2D eigenvalue weighted by molar-refractivity contribution is -0.111. The van der Waals surface area contributed by atoms with E-state index in [1.54, 1.807) is 0 Å². The molecule has 0 fully saturated rings. The minimum atomic E-state index is -0.765. The molecule has 16 heavy (non-hydrogen) atoms. The van der Waals surface area contributed by atoms with E-state index in [-0.39, 0.29) is 6.42 Å². The summed E-state index contributed by atoms with van der Waals surface area (Å²) in [5.41, 5.74) is 1.05. The first-order chi connectivity index (χ1) is 7.44. The third-order valence-corrected chi connectivity index (χ3v) is 3.99. The van der Waals surface area contributed by atoms with Gasteiger partial charge in [0.15, 0.2) is 0 Å². The molecule has 0 aliphatic heterocycles. The first-order valence-electron chi connectivity index (χ1n) is 4.62. The summed E-state index contributed by atoms with van der Waals surface area (Å²) in [6, 6.07) is 9.68. The molecule has 0 aromatic heterocycles. The highest BCUT2D eigenvalue weighted by Gasteiger charge is 2.31. The van der Waals surface area contributed by atoms with Crippen molar-refractivity contribution in [2.45, 2.75) is 17.6 Å². The van der Waals surface area contributed by atoms with E-state index < -0.39 is 9.99 Å². The third-order valence-electron chi connectivity index (χ3n) is 2.17. The maximum atomic E-state index is 11.0. The van der Waals surface area contributed by atoms with E-state index in [4.69, 9.17) is 23.8 Å². The smallest absolute Gasteiger partial charge is 0.223 e. The number of thiocarbonyl (C=S) groups is 1. The van der Waals surface area contributed by atoms with Gasteiger partial charge in [0, 0.05) is 6.42 Å². The normalized spacial score (nSPS) is 14.2. The maximum Gasteiger partial charge on any atom is 0.223 e. The molecular weight excluding hydrogens is 280 g/mol. The van der Waals surface area contributed by atoms with Gasteiger partial charge in [0.25, 0.3) is 0 Å². The number of carbonyl (C=O) groups is 1. The van der Waals surface area contributed by atoms with Crippen molar-refractivity contribution in [1.29, 1.82) is 0 Å². The Morgan fingerprint density at radius 3 is 2.38 bits per heavy atom. The first kappa shape index (κ1) is 14.0. The summed E-state index contributed by atoms with van der Waals surface area (Å²) < 4.78 is -0.382. The molecule has 0 N–H and O–H groups in total. The summed E-state index contributed by atoms with van der Waals surface area (Å²) in [6.07, 6.45) is 0.618. The molecule has 1 rings (SSSR count). The van der Waals surface area contributed by atoms with Crippen molar-refractivity contribution in [3.05, 3.63) is 35.9 Å². The van der Waals surface area contributed by atoms with E-state index >= 15 is 0 Å². The summed E-state index contributed by atoms with van der Waals surface area (Å²) in [6.45, 7) is 0. The van der Waals surface area contributed by atoms with Crippen LogP contribution in [-0.2, 0) is 11.2 Å². The van der Waals surface area contributed by atoms with Crippen LogP contribution >= 0.6 is 49.1 Å². The van der Waals surface area contributed by atoms with Gasteiger partial charge in [-0.25, -0.2) is 0 Å². The standard InChI is InChI=1S/C11H11ClOS3/c12-9(13)7-11(16,10(14)15)6-8-4-2-1-3-5-8/h1-5,16H,6-7H2,(H,14,15). The monoisotopic (exact) mass is 290 g/mol. The average molecular weight is 291 g/mol. The largest absolute Gasteiger partial charge is 0.281 e. The lowest BCUT2D eigenvalue weighted by Crippen LogP contribution is -2.32. The Labute approximate surface area is 116 Å². The molecule has 0 radical (unpaired) electrons. The van der Waals surface area contributed by atoms with Crippen LogP contribution in [-0.4, -0.2) is 14.2 Å². The van der Waals surface area contributed by atoms with Crippen LogP contribution in [0.1, 0.15) is 12.0 Å². The zero-order valence-corrected chi connectivity index (χ0v) is 11.8. The highest BCUT2D eigenvalue weighted by Crippen LogP contribution is 2.29. The molecule has 0 aliphatic carbocycles. The van der Waals surface area contributed by atoms with Crippen LogP contribution in [0.2, 0.25) is 0 Å². The summed E-state index contributed by atoms with van der Waals surface area (Å²) in [4.78, 5) is 11.0. The van der Waals surface area contributed by atoms with Crippen LogP contribution < -0.4 is 0 Å². The lowest BCUT2D eigenvalue weighted by atomic mass is 9.97. The van der Waals surface area contributed by atoms with E-state index in [0.29, 0.717) is 10.6 Å². The highest BCUT2D eigenvalue weighted by atomic mass is 35.5. The molecule has 0 heterocycles. The number of hydrogen-bond donors (Lipinski definition) is 2. The van der Waals surface area contributed by atoms with Gasteiger partial charge >= 0.3 is 0 Å². The fourth-order valence-electron chi connectivity index (χ4n) is 1.38. The van der Waals surface area contributed by atoms with Crippen molar-refractivity contribution < 1.29 is 4.79 Å². The summed E-state index contributed by atoms with van der Waals surface area (Å²) in [5, 5.41) is -0.456. The molecule has 86 valence electrons. The Morgan fingerprint density at radius 2 is 1.94 bits per heavy atom. The predicted octanol–water partition coefficient (Wildman–Crippen LogP) is 3.31. The number of thiol groups is 2. The van der Waals surface area contributed by atoms with Gasteiger partial charge in [-0.15, -0.1) is 12.6 Å². The molecular formula is C11H11ClOS3. The molecule has 1 nitrogen and oxygen atoms in total. The fourth-order valence-corrected chi connectivity index (χ4v) is 2.33. The van der Waals surface area contributed by atoms with Crippen LogP contribution in [0, 0.1) is 0 Å². The van der Waals surface area contributed by atoms with Gasteiger partial charge in [-0.05, 0) is 23.6 Å². The molecule has 0 spiro atoms. The molecule has 0 amide bonds. The summed E-state index contributed by atoms with van der Waals surface area (Å²) in [5.74, 6) is 0. The number of halogens is 1. The van der Waals surface area contributed by atoms with E-state index in [2.05, 4.69) is 25.3 Å². The van der Waals surface area contributed by atoms with Crippen LogP contribution in [0.25, 0.3) is 0 Å². The van der Waals surface area contributed by atoms with Gasteiger partial charge in [-0.3, -0.25) is 4.79 Å². The summed E-state index contributed by atoms with van der Waals surface area (Å²) >= 11 is 19.0. The Balaban J connectivity index is 2.87. The van der Waals surface area contributed by atoms with Gasteiger partial charge in [-0.2, -0.15) is 12.6 Å². The zero-order valence-electron chi connectivity index (χ0n) is 8.39. The fraction of sp³-hybridized carbons (Fsp3) is 0.273. The molecule has 1 aromatic carbocycles. The zero-order chi connectivity index (χ0) is 12.2. The Morgan fingerprint density at radius 1 is 1.38 bits per heavy atom. The number of hydrogen-bond acceptors (Lipinski definition) is 3. The molecule has 0 aliphatic rings. The van der Waals surface area contributed by atoms with Gasteiger partial charge < -0.3 is 0 Å². The third kappa shape index (κ3) is 4.09. The second-order valence-corrected chi connectivity index (χ2v) is 5.97. The first-order valence-corrected chi connectivity index (χ1v) is 6.30. The minimum absolute atomic E-state index is 0.0783. The number of benzene rings is 1. The molecule has 1 unspecified atom stereocenters. The van der Waals surface area contributed by atoms with Gasteiger partial charge in [-0.1, -0.05) is 42.5 Å². The molecule has 0 bridgehead atoms. The van der Waals surface area contributed by atoms with Crippen molar-refractivity contribution in [2.24, 2.45) is 0 Å². The topological polar surface area (TPSA) is 17.1 Å². The van der Waals surface area contributed by atoms with Crippen LogP contribution in [0.3, 0.4) is 0 Å². The highest BCUT2D eigenvalue weighted by molar-refractivity contribution is 8.13. The van der Waals surface area contributed by atoms with Crippen molar-refractivity contribution in [3.63, 3.8) is 0 Å². The lowest BCUT2D eigenvalue weighted by Gasteiger charge is -2.25. The van der Waals surface area contributed by atoms with Gasteiger partial charge in [0.2, 0.25) is 5.24 Å². The SMILES string of the molecule is O=C(Cl)CC(S)(Cc1ccccc1)C(=S)S. The van der Waals surface area contributed by atoms with E-state index in [0.717, 1.165) is 5.56 Å². The van der Waals surface area contributed by atoms with Crippen molar-refractivity contribution >= 4 is 58.5 Å². The van der Waals surface area contributed by atoms with Gasteiger partial charge in [0.1, 0.15) is 0 Å². The Hall–Kier alpha value is -0.0300.